The average Bonchev–Trinajstić information content (AvgIpc) is 3.17. The van der Waals surface area contributed by atoms with Crippen LogP contribution in [-0.4, -0.2) is 63.6 Å². The largest absolute Gasteiger partial charge is 0.383 e. The van der Waals surface area contributed by atoms with E-state index in [4.69, 9.17) is 4.74 Å². The minimum atomic E-state index is -0.469. The standard InChI is InChI=1S/C19H23N7O4S/c1-30-10-8-21-17-15-12-22-25(18(15)24-19(23-17)31-2)9-7-20-16(27)11-13-3-5-14(6-4-13)26(28)29/h3-6,12H,7-11H2,1-2H3,(H,20,27)(H,21,23,24). The van der Waals surface area contributed by atoms with Crippen molar-refractivity contribution in [3.8, 4) is 0 Å². The van der Waals surface area contributed by atoms with E-state index in [-0.39, 0.29) is 18.0 Å². The van der Waals surface area contributed by atoms with E-state index in [2.05, 4.69) is 25.7 Å². The van der Waals surface area contributed by atoms with Crippen LogP contribution in [0, 0.1) is 10.1 Å². The van der Waals surface area contributed by atoms with Crippen LogP contribution >= 0.6 is 11.8 Å². The van der Waals surface area contributed by atoms with Gasteiger partial charge in [0.25, 0.3) is 5.69 Å². The number of ether oxygens (including phenoxy) is 1. The number of methoxy groups -OCH3 is 1. The molecule has 0 aliphatic heterocycles. The molecule has 3 rings (SSSR count). The highest BCUT2D eigenvalue weighted by molar-refractivity contribution is 7.98. The lowest BCUT2D eigenvalue weighted by atomic mass is 10.1. The molecular formula is C19H23N7O4S. The number of anilines is 1. The Hall–Kier alpha value is -3.25. The summed E-state index contributed by atoms with van der Waals surface area (Å²) < 4.78 is 6.80. The highest BCUT2D eigenvalue weighted by Gasteiger charge is 2.13. The zero-order chi connectivity index (χ0) is 22.2. The van der Waals surface area contributed by atoms with Crippen LogP contribution in [0.25, 0.3) is 11.0 Å². The van der Waals surface area contributed by atoms with Crippen LogP contribution in [0.2, 0.25) is 0 Å². The second-order valence-electron chi connectivity index (χ2n) is 6.53. The van der Waals surface area contributed by atoms with Gasteiger partial charge >= 0.3 is 0 Å². The number of nitrogens with one attached hydrogen (secondary N) is 2. The molecule has 0 saturated heterocycles. The topological polar surface area (TPSA) is 137 Å². The number of carbonyl (C=O) groups excluding carboxylic acids is 1. The molecule has 1 amide bonds. The van der Waals surface area contributed by atoms with Gasteiger partial charge in [-0.15, -0.1) is 0 Å². The van der Waals surface area contributed by atoms with E-state index in [1.54, 1.807) is 30.1 Å². The van der Waals surface area contributed by atoms with E-state index in [1.165, 1.54) is 23.9 Å². The van der Waals surface area contributed by atoms with Gasteiger partial charge < -0.3 is 15.4 Å². The lowest BCUT2D eigenvalue weighted by molar-refractivity contribution is -0.384. The smallest absolute Gasteiger partial charge is 0.269 e. The number of rotatable bonds is 11. The van der Waals surface area contributed by atoms with Gasteiger partial charge in [0.05, 0.1) is 36.1 Å². The number of nitrogens with zero attached hydrogens (tertiary/aromatic N) is 5. The summed E-state index contributed by atoms with van der Waals surface area (Å²) in [5.41, 5.74) is 1.39. The zero-order valence-corrected chi connectivity index (χ0v) is 18.0. The Morgan fingerprint density at radius 2 is 2.03 bits per heavy atom. The van der Waals surface area contributed by atoms with Crippen molar-refractivity contribution in [3.63, 3.8) is 0 Å². The maximum atomic E-state index is 12.2. The second kappa shape index (κ2) is 10.7. The normalized spacial score (nSPS) is 10.9. The summed E-state index contributed by atoms with van der Waals surface area (Å²) >= 11 is 1.44. The third kappa shape index (κ3) is 5.89. The molecule has 164 valence electrons. The van der Waals surface area contributed by atoms with Crippen LogP contribution in [0.3, 0.4) is 0 Å². The predicted octanol–water partition coefficient (Wildman–Crippen LogP) is 1.87. The van der Waals surface area contributed by atoms with E-state index < -0.39 is 4.92 Å². The number of fused-ring (bicyclic) bond motifs is 1. The van der Waals surface area contributed by atoms with Gasteiger partial charge in [-0.1, -0.05) is 23.9 Å². The molecule has 31 heavy (non-hydrogen) atoms. The Morgan fingerprint density at radius 1 is 1.26 bits per heavy atom. The average molecular weight is 446 g/mol. The molecule has 0 aliphatic rings. The molecule has 12 heteroatoms. The van der Waals surface area contributed by atoms with Crippen LogP contribution in [0.1, 0.15) is 5.56 Å². The number of hydrogen-bond acceptors (Lipinski definition) is 9. The molecule has 0 bridgehead atoms. The van der Waals surface area contributed by atoms with E-state index in [9.17, 15) is 14.9 Å². The summed E-state index contributed by atoms with van der Waals surface area (Å²) in [5.74, 6) is 0.520. The van der Waals surface area contributed by atoms with Gasteiger partial charge in [0.2, 0.25) is 5.91 Å². The lowest BCUT2D eigenvalue weighted by Gasteiger charge is -2.09. The Labute approximate surface area is 182 Å². The maximum Gasteiger partial charge on any atom is 0.269 e. The highest BCUT2D eigenvalue weighted by Crippen LogP contribution is 2.23. The highest BCUT2D eigenvalue weighted by atomic mass is 32.2. The Balaban J connectivity index is 1.60. The first-order valence-corrected chi connectivity index (χ1v) is 10.7. The molecule has 1 aromatic carbocycles. The first-order valence-electron chi connectivity index (χ1n) is 9.52. The van der Waals surface area contributed by atoms with Crippen molar-refractivity contribution in [2.75, 3.05) is 38.4 Å². The van der Waals surface area contributed by atoms with Gasteiger partial charge in [-0.25, -0.2) is 14.6 Å². The molecule has 0 radical (unpaired) electrons. The van der Waals surface area contributed by atoms with Crippen molar-refractivity contribution in [2.45, 2.75) is 18.1 Å². The fraction of sp³-hybridized carbons (Fsp3) is 0.368. The summed E-state index contributed by atoms with van der Waals surface area (Å²) in [6, 6.07) is 5.94. The Morgan fingerprint density at radius 3 is 2.71 bits per heavy atom. The van der Waals surface area contributed by atoms with Gasteiger partial charge in [-0.05, 0) is 11.8 Å². The SMILES string of the molecule is COCCNc1nc(SC)nc2c1cnn2CCNC(=O)Cc1ccc([N+](=O)[O-])cc1. The number of non-ortho nitro benzene ring substituents is 1. The fourth-order valence-corrected chi connectivity index (χ4v) is 3.24. The molecule has 3 aromatic rings. The van der Waals surface area contributed by atoms with Crippen molar-refractivity contribution < 1.29 is 14.5 Å². The summed E-state index contributed by atoms with van der Waals surface area (Å²) in [5, 5.41) is 22.6. The molecule has 0 atom stereocenters. The van der Waals surface area contributed by atoms with Crippen molar-refractivity contribution in [3.05, 3.63) is 46.1 Å². The fourth-order valence-electron chi connectivity index (χ4n) is 2.88. The number of thioether (sulfide) groups is 1. The second-order valence-corrected chi connectivity index (χ2v) is 7.31. The minimum Gasteiger partial charge on any atom is -0.383 e. The molecule has 0 unspecified atom stereocenters. The van der Waals surface area contributed by atoms with Crippen molar-refractivity contribution in [1.29, 1.82) is 0 Å². The summed E-state index contributed by atoms with van der Waals surface area (Å²) in [4.78, 5) is 31.5. The number of nitro benzene ring substituents is 1. The lowest BCUT2D eigenvalue weighted by Crippen LogP contribution is -2.28. The van der Waals surface area contributed by atoms with E-state index in [1.807, 2.05) is 6.26 Å². The van der Waals surface area contributed by atoms with Crippen molar-refractivity contribution >= 4 is 40.2 Å². The molecule has 2 heterocycles. The van der Waals surface area contributed by atoms with Gasteiger partial charge in [-0.3, -0.25) is 14.9 Å². The third-order valence-electron chi connectivity index (χ3n) is 4.41. The number of benzene rings is 1. The number of aromatic nitrogens is 4. The third-order valence-corrected chi connectivity index (χ3v) is 4.96. The van der Waals surface area contributed by atoms with Crippen LogP contribution < -0.4 is 10.6 Å². The van der Waals surface area contributed by atoms with Gasteiger partial charge in [0, 0.05) is 32.3 Å². The number of nitro groups is 1. The van der Waals surface area contributed by atoms with E-state index in [0.29, 0.717) is 48.4 Å². The summed E-state index contributed by atoms with van der Waals surface area (Å²) in [7, 11) is 1.64. The number of carbonyl (C=O) groups is 1. The van der Waals surface area contributed by atoms with E-state index in [0.717, 1.165) is 5.39 Å². The molecule has 0 fully saturated rings. The zero-order valence-electron chi connectivity index (χ0n) is 17.2. The molecule has 0 spiro atoms. The van der Waals surface area contributed by atoms with Crippen LogP contribution in [0.4, 0.5) is 11.5 Å². The minimum absolute atomic E-state index is 0.00241. The molecule has 2 N–H and O–H groups in total. The van der Waals surface area contributed by atoms with Crippen LogP contribution in [-0.2, 0) is 22.5 Å². The molecule has 2 aromatic heterocycles. The summed E-state index contributed by atoms with van der Waals surface area (Å²) in [6.45, 7) is 1.97. The maximum absolute atomic E-state index is 12.2. The van der Waals surface area contributed by atoms with E-state index >= 15 is 0 Å². The molecule has 0 aliphatic carbocycles. The molecular weight excluding hydrogens is 422 g/mol. The van der Waals surface area contributed by atoms with Crippen molar-refractivity contribution in [2.24, 2.45) is 0 Å². The monoisotopic (exact) mass is 445 g/mol. The number of hydrogen-bond donors (Lipinski definition) is 2. The van der Waals surface area contributed by atoms with Gasteiger partial charge in [0.15, 0.2) is 10.8 Å². The number of amides is 1. The van der Waals surface area contributed by atoms with Crippen LogP contribution in [0.15, 0.2) is 35.6 Å². The Kier molecular flexibility index (Phi) is 7.73. The Bertz CT molecular complexity index is 1060. The van der Waals surface area contributed by atoms with Crippen molar-refractivity contribution in [1.82, 2.24) is 25.1 Å². The van der Waals surface area contributed by atoms with Gasteiger partial charge in [0.1, 0.15) is 5.82 Å². The summed E-state index contributed by atoms with van der Waals surface area (Å²) in [6.07, 6.45) is 3.75. The molecule has 11 nitrogen and oxygen atoms in total. The first kappa shape index (κ1) is 22.4. The molecule has 0 saturated carbocycles. The van der Waals surface area contributed by atoms with Crippen LogP contribution in [0.5, 0.6) is 0 Å². The first-order chi connectivity index (χ1) is 15.0. The predicted molar refractivity (Wildman–Crippen MR) is 117 cm³/mol. The quantitative estimate of drug-likeness (QED) is 0.149. The van der Waals surface area contributed by atoms with Gasteiger partial charge in [-0.2, -0.15) is 5.10 Å².